The minimum atomic E-state index is -4.45. The summed E-state index contributed by atoms with van der Waals surface area (Å²) in [5, 5.41) is 7.17. The molecule has 0 aliphatic heterocycles. The monoisotopic (exact) mass is 522 g/mol. The van der Waals surface area contributed by atoms with Gasteiger partial charge in [-0.15, -0.1) is 5.10 Å². The van der Waals surface area contributed by atoms with Crippen molar-refractivity contribution in [2.24, 2.45) is 0 Å². The minimum absolute atomic E-state index is 0.0584. The van der Waals surface area contributed by atoms with E-state index in [9.17, 15) is 18.0 Å². The second-order valence-electron chi connectivity index (χ2n) is 8.03. The van der Waals surface area contributed by atoms with Crippen LogP contribution in [0.3, 0.4) is 0 Å². The van der Waals surface area contributed by atoms with E-state index in [0.717, 1.165) is 17.7 Å². The molecule has 0 saturated carbocycles. The number of amides is 1. The Kier molecular flexibility index (Phi) is 8.55. The molecule has 0 atom stereocenters. The predicted molar refractivity (Wildman–Crippen MR) is 138 cm³/mol. The first kappa shape index (κ1) is 26.6. The molecule has 3 aromatic carbocycles. The van der Waals surface area contributed by atoms with Gasteiger partial charge in [0.25, 0.3) is 0 Å². The molecular formula is C28H25F3N4O3. The van der Waals surface area contributed by atoms with Crippen LogP contribution in [0.15, 0.2) is 84.9 Å². The molecule has 4 rings (SSSR count). The fourth-order valence-corrected chi connectivity index (χ4v) is 3.47. The number of nitrogens with zero attached hydrogens (tertiary/aromatic N) is 3. The number of benzene rings is 3. The summed E-state index contributed by atoms with van der Waals surface area (Å²) in [5.74, 6) is 0.00509. The third kappa shape index (κ3) is 7.07. The van der Waals surface area contributed by atoms with Gasteiger partial charge in [0.2, 0.25) is 5.91 Å². The van der Waals surface area contributed by atoms with Crippen molar-refractivity contribution in [3.8, 4) is 23.1 Å². The summed E-state index contributed by atoms with van der Waals surface area (Å²) in [5.41, 5.74) is 1.69. The number of alkyl halides is 3. The largest absolute Gasteiger partial charge is 0.460 e. The number of nitrogens with one attached hydrogen (secondary N) is 1. The molecule has 7 nitrogen and oxygen atoms in total. The maximum Gasteiger partial charge on any atom is 0.416 e. The Morgan fingerprint density at radius 3 is 2.34 bits per heavy atom. The van der Waals surface area contributed by atoms with Crippen LogP contribution < -0.4 is 10.1 Å². The number of aromatic nitrogens is 3. The minimum Gasteiger partial charge on any atom is -0.460 e. The van der Waals surface area contributed by atoms with Gasteiger partial charge in [-0.1, -0.05) is 42.5 Å². The van der Waals surface area contributed by atoms with Gasteiger partial charge in [0, 0.05) is 23.9 Å². The number of carbonyl (C=O) groups excluding carboxylic acids is 1. The summed E-state index contributed by atoms with van der Waals surface area (Å²) in [4.78, 5) is 16.7. The molecule has 0 bridgehead atoms. The van der Waals surface area contributed by atoms with Crippen LogP contribution in [0.25, 0.3) is 23.2 Å². The van der Waals surface area contributed by atoms with Gasteiger partial charge in [-0.2, -0.15) is 18.2 Å². The smallest absolute Gasteiger partial charge is 0.416 e. The van der Waals surface area contributed by atoms with Crippen molar-refractivity contribution >= 4 is 17.7 Å². The first-order chi connectivity index (χ1) is 18.3. The van der Waals surface area contributed by atoms with E-state index < -0.39 is 11.7 Å². The van der Waals surface area contributed by atoms with Crippen molar-refractivity contribution in [2.75, 3.05) is 25.1 Å². The fraction of sp³-hybridized carbons (Fsp3) is 0.179. The topological polar surface area (TPSA) is 78.3 Å². The van der Waals surface area contributed by atoms with Crippen LogP contribution in [0.2, 0.25) is 0 Å². The highest BCUT2D eigenvalue weighted by molar-refractivity contribution is 6.01. The van der Waals surface area contributed by atoms with Gasteiger partial charge in [0.15, 0.2) is 5.82 Å². The van der Waals surface area contributed by atoms with Gasteiger partial charge in [-0.25, -0.2) is 4.68 Å². The van der Waals surface area contributed by atoms with Crippen molar-refractivity contribution in [3.63, 3.8) is 0 Å². The first-order valence-electron chi connectivity index (χ1n) is 11.8. The summed E-state index contributed by atoms with van der Waals surface area (Å²) in [7, 11) is 0. The number of carbonyl (C=O) groups is 1. The van der Waals surface area contributed by atoms with E-state index in [1.54, 1.807) is 30.3 Å². The molecule has 0 aliphatic carbocycles. The first-order valence-corrected chi connectivity index (χ1v) is 11.8. The van der Waals surface area contributed by atoms with Gasteiger partial charge >= 0.3 is 12.2 Å². The molecule has 0 radical (unpaired) electrons. The van der Waals surface area contributed by atoms with E-state index in [2.05, 4.69) is 15.4 Å². The number of halogens is 3. The highest BCUT2D eigenvalue weighted by Crippen LogP contribution is 2.31. The van der Waals surface area contributed by atoms with Crippen LogP contribution in [0, 0.1) is 0 Å². The van der Waals surface area contributed by atoms with Gasteiger partial charge in [0.05, 0.1) is 17.9 Å². The van der Waals surface area contributed by atoms with Crippen molar-refractivity contribution < 1.29 is 27.4 Å². The third-order valence-electron chi connectivity index (χ3n) is 5.33. The zero-order valence-electron chi connectivity index (χ0n) is 20.5. The second-order valence-corrected chi connectivity index (χ2v) is 8.03. The second kappa shape index (κ2) is 12.2. The molecule has 1 N–H and O–H groups in total. The zero-order valence-corrected chi connectivity index (χ0v) is 20.5. The highest BCUT2D eigenvalue weighted by Gasteiger charge is 2.30. The Balaban J connectivity index is 1.55. The molecule has 1 aromatic heterocycles. The average molecular weight is 523 g/mol. The van der Waals surface area contributed by atoms with E-state index in [-0.39, 0.29) is 18.5 Å². The fourth-order valence-electron chi connectivity index (χ4n) is 3.47. The molecule has 0 fully saturated rings. The number of hydrogen-bond donors (Lipinski definition) is 1. The molecule has 1 amide bonds. The standard InChI is InChI=1S/C28H25F3N4O3/c1-2-37-18-19-38-27-33-26(21-9-11-22(12-10-21)28(29,30)31)35(34-27)24-15-13-23(14-16-24)32-25(36)17-8-20-6-4-3-5-7-20/h3-17H,2,18-19H2,1H3,(H,32,36)/b17-8+. The average Bonchev–Trinajstić information content (AvgIpc) is 3.35. The Hall–Kier alpha value is -4.44. The summed E-state index contributed by atoms with van der Waals surface area (Å²) in [6.45, 7) is 2.95. The van der Waals surface area contributed by atoms with Gasteiger partial charge in [-0.05, 0) is 55.0 Å². The predicted octanol–water partition coefficient (Wildman–Crippen LogP) is 6.02. The number of anilines is 1. The summed E-state index contributed by atoms with van der Waals surface area (Å²) < 4.78 is 51.4. The van der Waals surface area contributed by atoms with E-state index in [0.29, 0.717) is 36.0 Å². The van der Waals surface area contributed by atoms with Crippen LogP contribution in [0.5, 0.6) is 6.01 Å². The maximum atomic E-state index is 13.0. The van der Waals surface area contributed by atoms with Crippen LogP contribution in [-0.4, -0.2) is 40.5 Å². The Morgan fingerprint density at radius 2 is 1.68 bits per heavy atom. The Labute approximate surface area is 217 Å². The molecule has 0 aliphatic rings. The lowest BCUT2D eigenvalue weighted by Crippen LogP contribution is -2.08. The van der Waals surface area contributed by atoms with Crippen LogP contribution in [0.1, 0.15) is 18.1 Å². The number of hydrogen-bond acceptors (Lipinski definition) is 5. The van der Waals surface area contributed by atoms with E-state index in [4.69, 9.17) is 9.47 Å². The lowest BCUT2D eigenvalue weighted by molar-refractivity contribution is -0.137. The Morgan fingerprint density at radius 1 is 0.974 bits per heavy atom. The Bertz CT molecular complexity index is 1370. The van der Waals surface area contributed by atoms with Crippen molar-refractivity contribution in [1.82, 2.24) is 14.8 Å². The highest BCUT2D eigenvalue weighted by atomic mass is 19.4. The van der Waals surface area contributed by atoms with Crippen LogP contribution >= 0.6 is 0 Å². The van der Waals surface area contributed by atoms with Crippen LogP contribution in [-0.2, 0) is 15.7 Å². The van der Waals surface area contributed by atoms with Gasteiger partial charge in [-0.3, -0.25) is 4.79 Å². The van der Waals surface area contributed by atoms with E-state index >= 15 is 0 Å². The molecule has 0 unspecified atom stereocenters. The van der Waals surface area contributed by atoms with E-state index in [1.807, 2.05) is 37.3 Å². The van der Waals surface area contributed by atoms with E-state index in [1.165, 1.54) is 22.9 Å². The molecular weight excluding hydrogens is 497 g/mol. The zero-order chi connectivity index (χ0) is 27.0. The summed E-state index contributed by atoms with van der Waals surface area (Å²) in [6, 6.07) is 21.0. The molecule has 4 aromatic rings. The maximum absolute atomic E-state index is 13.0. The number of rotatable bonds is 10. The summed E-state index contributed by atoms with van der Waals surface area (Å²) >= 11 is 0. The van der Waals surface area contributed by atoms with Crippen molar-refractivity contribution in [1.29, 1.82) is 0 Å². The van der Waals surface area contributed by atoms with Crippen molar-refractivity contribution in [2.45, 2.75) is 13.1 Å². The quantitative estimate of drug-likeness (QED) is 0.204. The van der Waals surface area contributed by atoms with Gasteiger partial charge in [0.1, 0.15) is 6.61 Å². The van der Waals surface area contributed by atoms with Crippen LogP contribution in [0.4, 0.5) is 18.9 Å². The molecule has 0 spiro atoms. The summed E-state index contributed by atoms with van der Waals surface area (Å²) in [6.07, 6.45) is -1.30. The lowest BCUT2D eigenvalue weighted by Gasteiger charge is -2.09. The normalized spacial score (nSPS) is 11.6. The molecule has 196 valence electrons. The SMILES string of the molecule is CCOCCOc1nc(-c2ccc(C(F)(F)F)cc2)n(-c2ccc(NC(=O)/C=C/c3ccccc3)cc2)n1. The lowest BCUT2D eigenvalue weighted by atomic mass is 10.1. The molecule has 1 heterocycles. The molecule has 0 saturated heterocycles. The van der Waals surface area contributed by atoms with Crippen molar-refractivity contribution in [3.05, 3.63) is 96.1 Å². The molecule has 38 heavy (non-hydrogen) atoms. The van der Waals surface area contributed by atoms with Gasteiger partial charge < -0.3 is 14.8 Å². The molecule has 10 heteroatoms. The third-order valence-corrected chi connectivity index (χ3v) is 5.33. The number of ether oxygens (including phenoxy) is 2.